The Morgan fingerprint density at radius 1 is 0.650 bits per heavy atom. The van der Waals surface area contributed by atoms with Crippen molar-refractivity contribution in [3.63, 3.8) is 0 Å². The summed E-state index contributed by atoms with van der Waals surface area (Å²) in [5, 5.41) is 0.125. The van der Waals surface area contributed by atoms with Crippen molar-refractivity contribution >= 4 is 23.5 Å². The van der Waals surface area contributed by atoms with E-state index in [1.54, 1.807) is 18.2 Å². The SMILES string of the molecule is CCCCOc1ccc(P(=O)(C(=O)c2c(C)cc(C)cc2C)C(=O)c2c(C)cc(C)cc2C)c(OCCCC)c1. The fraction of sp³-hybridized carbons (Fsp3) is 0.412. The second-order valence-corrected chi connectivity index (χ2v) is 13.3. The minimum Gasteiger partial charge on any atom is -0.493 e. The lowest BCUT2D eigenvalue weighted by molar-refractivity contribution is 0.103. The van der Waals surface area contributed by atoms with Gasteiger partial charge in [0.1, 0.15) is 11.5 Å². The maximum atomic E-state index is 15.4. The van der Waals surface area contributed by atoms with Crippen molar-refractivity contribution in [3.05, 3.63) is 87.0 Å². The van der Waals surface area contributed by atoms with Crippen LogP contribution in [0.1, 0.15) is 93.6 Å². The first-order valence-electron chi connectivity index (χ1n) is 14.2. The first kappa shape index (κ1) is 31.4. The predicted molar refractivity (Wildman–Crippen MR) is 164 cm³/mol. The Bertz CT molecular complexity index is 1330. The van der Waals surface area contributed by atoms with Crippen molar-refractivity contribution in [1.29, 1.82) is 0 Å². The lowest BCUT2D eigenvalue weighted by atomic mass is 10.0. The summed E-state index contributed by atoms with van der Waals surface area (Å²) in [4.78, 5) is 29.1. The zero-order valence-corrected chi connectivity index (χ0v) is 26.2. The van der Waals surface area contributed by atoms with E-state index >= 15 is 4.57 Å². The Balaban J connectivity index is 2.32. The average molecular weight is 563 g/mol. The molecule has 0 amide bonds. The monoisotopic (exact) mass is 562 g/mol. The largest absolute Gasteiger partial charge is 0.493 e. The van der Waals surface area contributed by atoms with E-state index in [1.165, 1.54) is 0 Å². The molecule has 0 atom stereocenters. The molecule has 3 aromatic rings. The summed E-state index contributed by atoms with van der Waals surface area (Å²) in [5.41, 5.74) is 4.10. The highest BCUT2D eigenvalue weighted by molar-refractivity contribution is 8.01. The molecule has 0 saturated carbocycles. The van der Waals surface area contributed by atoms with E-state index in [-0.39, 0.29) is 11.1 Å². The summed E-state index contributed by atoms with van der Waals surface area (Å²) >= 11 is 0. The molecule has 0 aromatic heterocycles. The summed E-state index contributed by atoms with van der Waals surface area (Å²) < 4.78 is 27.5. The zero-order valence-electron chi connectivity index (χ0n) is 25.3. The van der Waals surface area contributed by atoms with Crippen LogP contribution in [0.2, 0.25) is 0 Å². The number of benzene rings is 3. The number of unbranched alkanes of at least 4 members (excludes halogenated alkanes) is 2. The zero-order chi connectivity index (χ0) is 29.6. The second kappa shape index (κ2) is 13.5. The minimum absolute atomic E-state index is 0.125. The van der Waals surface area contributed by atoms with Gasteiger partial charge in [0.05, 0.1) is 18.5 Å². The van der Waals surface area contributed by atoms with Crippen LogP contribution in [0.5, 0.6) is 11.5 Å². The van der Waals surface area contributed by atoms with Crippen molar-refractivity contribution in [1.82, 2.24) is 0 Å². The Hall–Kier alpha value is -3.17. The molecule has 0 fully saturated rings. The van der Waals surface area contributed by atoms with Gasteiger partial charge in [-0.05, 0) is 88.8 Å². The van der Waals surface area contributed by atoms with Gasteiger partial charge in [-0.1, -0.05) is 62.1 Å². The summed E-state index contributed by atoms with van der Waals surface area (Å²) in [6.45, 7) is 16.3. The summed E-state index contributed by atoms with van der Waals surface area (Å²) in [6, 6.07) is 12.5. The molecule has 40 heavy (non-hydrogen) atoms. The first-order valence-corrected chi connectivity index (χ1v) is 15.9. The molecule has 0 saturated heterocycles. The first-order chi connectivity index (χ1) is 18.9. The summed E-state index contributed by atoms with van der Waals surface area (Å²) in [7, 11) is -4.43. The molecule has 6 heteroatoms. The number of rotatable bonds is 13. The van der Waals surface area contributed by atoms with E-state index in [4.69, 9.17) is 9.47 Å². The Labute approximate surface area is 239 Å². The highest BCUT2D eigenvalue weighted by atomic mass is 31.2. The average Bonchev–Trinajstić information content (AvgIpc) is 2.87. The third-order valence-corrected chi connectivity index (χ3v) is 9.79. The van der Waals surface area contributed by atoms with E-state index in [2.05, 4.69) is 13.8 Å². The molecule has 0 aliphatic carbocycles. The number of ether oxygens (including phenoxy) is 2. The maximum absolute atomic E-state index is 15.4. The van der Waals surface area contributed by atoms with E-state index in [9.17, 15) is 9.59 Å². The molecule has 0 unspecified atom stereocenters. The minimum atomic E-state index is -4.43. The highest BCUT2D eigenvalue weighted by Gasteiger charge is 2.46. The van der Waals surface area contributed by atoms with Gasteiger partial charge in [0.2, 0.25) is 11.0 Å². The molecule has 3 aromatic carbocycles. The second-order valence-electron chi connectivity index (χ2n) is 10.8. The van der Waals surface area contributed by atoms with Crippen LogP contribution >= 0.6 is 7.14 Å². The van der Waals surface area contributed by atoms with Crippen molar-refractivity contribution in [3.8, 4) is 11.5 Å². The van der Waals surface area contributed by atoms with Crippen LogP contribution in [0.3, 0.4) is 0 Å². The van der Waals surface area contributed by atoms with Gasteiger partial charge < -0.3 is 14.0 Å². The van der Waals surface area contributed by atoms with Crippen LogP contribution in [0.4, 0.5) is 0 Å². The Kier molecular flexibility index (Phi) is 10.6. The molecule has 3 rings (SSSR count). The molecule has 0 radical (unpaired) electrons. The summed E-state index contributed by atoms with van der Waals surface area (Å²) in [5.74, 6) is 0.817. The van der Waals surface area contributed by atoms with Gasteiger partial charge in [-0.3, -0.25) is 9.59 Å². The standard InChI is InChI=1S/C34H43O5P/c1-9-11-15-38-28-13-14-30(29(21-28)39-16-12-10-2)40(37,33(35)31-24(5)17-22(3)18-25(31)6)34(36)32-26(7)19-23(4)20-27(32)8/h13-14,17-21H,9-12,15-16H2,1-8H3. The number of carbonyl (C=O) groups excluding carboxylic acids is 2. The van der Waals surface area contributed by atoms with Crippen LogP contribution in [0.15, 0.2) is 42.5 Å². The van der Waals surface area contributed by atoms with Gasteiger partial charge in [-0.15, -0.1) is 0 Å². The normalized spacial score (nSPS) is 11.4. The van der Waals surface area contributed by atoms with Crippen molar-refractivity contribution in [2.45, 2.75) is 81.1 Å². The molecule has 5 nitrogen and oxygen atoms in total. The van der Waals surface area contributed by atoms with Crippen LogP contribution in [0, 0.1) is 41.5 Å². The third kappa shape index (κ3) is 6.58. The molecule has 0 spiro atoms. The van der Waals surface area contributed by atoms with Crippen molar-refractivity contribution in [2.75, 3.05) is 13.2 Å². The van der Waals surface area contributed by atoms with Gasteiger partial charge in [-0.25, -0.2) is 0 Å². The molecule has 0 aliphatic rings. The van der Waals surface area contributed by atoms with Crippen LogP contribution < -0.4 is 14.8 Å². The number of hydrogen-bond donors (Lipinski definition) is 0. The lowest BCUT2D eigenvalue weighted by Crippen LogP contribution is -2.25. The number of aryl methyl sites for hydroxylation is 6. The van der Waals surface area contributed by atoms with Crippen molar-refractivity contribution < 1.29 is 23.6 Å². The third-order valence-electron chi connectivity index (χ3n) is 7.15. The number of carbonyl (C=O) groups is 2. The van der Waals surface area contributed by atoms with Gasteiger partial charge in [0, 0.05) is 17.2 Å². The van der Waals surface area contributed by atoms with E-state index in [1.807, 2.05) is 65.8 Å². The molecular weight excluding hydrogens is 519 g/mol. The molecule has 0 heterocycles. The molecule has 0 aliphatic heterocycles. The quantitative estimate of drug-likeness (QED) is 0.154. The highest BCUT2D eigenvalue weighted by Crippen LogP contribution is 2.55. The van der Waals surface area contributed by atoms with E-state index < -0.39 is 18.2 Å². The molecular formula is C34H43O5P. The van der Waals surface area contributed by atoms with Crippen LogP contribution in [-0.4, -0.2) is 24.3 Å². The van der Waals surface area contributed by atoms with Gasteiger partial charge in [0.25, 0.3) is 7.14 Å². The Morgan fingerprint density at radius 3 is 1.50 bits per heavy atom. The summed E-state index contributed by atoms with van der Waals surface area (Å²) in [6.07, 6.45) is 3.56. The number of hydrogen-bond acceptors (Lipinski definition) is 5. The predicted octanol–water partition coefficient (Wildman–Crippen LogP) is 8.56. The smallest absolute Gasteiger partial charge is 0.252 e. The van der Waals surface area contributed by atoms with E-state index in [0.717, 1.165) is 36.8 Å². The van der Waals surface area contributed by atoms with Crippen LogP contribution in [0.25, 0.3) is 0 Å². The lowest BCUT2D eigenvalue weighted by Gasteiger charge is -2.23. The molecule has 0 bridgehead atoms. The van der Waals surface area contributed by atoms with Gasteiger partial charge in [-0.2, -0.15) is 0 Å². The van der Waals surface area contributed by atoms with E-state index in [0.29, 0.717) is 52.3 Å². The van der Waals surface area contributed by atoms with Crippen LogP contribution in [-0.2, 0) is 4.57 Å². The van der Waals surface area contributed by atoms with Gasteiger partial charge in [0.15, 0.2) is 0 Å². The molecule has 0 N–H and O–H groups in total. The van der Waals surface area contributed by atoms with Crippen molar-refractivity contribution in [2.24, 2.45) is 0 Å². The fourth-order valence-corrected chi connectivity index (χ4v) is 7.96. The fourth-order valence-electron chi connectivity index (χ4n) is 5.28. The Morgan fingerprint density at radius 2 is 1.07 bits per heavy atom. The molecule has 214 valence electrons. The van der Waals surface area contributed by atoms with Gasteiger partial charge >= 0.3 is 0 Å². The topological polar surface area (TPSA) is 69.7 Å². The maximum Gasteiger partial charge on any atom is 0.252 e.